The lowest BCUT2D eigenvalue weighted by Crippen LogP contribution is -2.21. The highest BCUT2D eigenvalue weighted by Gasteiger charge is 2.65. The molecule has 22 heavy (non-hydrogen) atoms. The zero-order valence-electron chi connectivity index (χ0n) is 12.5. The fourth-order valence-corrected chi connectivity index (χ4v) is 3.74. The number of anilines is 2. The number of fused-ring (bicyclic) bond motifs is 2. The molecular weight excluding hydrogens is 272 g/mol. The SMILES string of the molecule is C=Cc1ccc(C2CC23C(=O)Nc2ccccc23)cc1NC. The molecule has 2 N–H and O–H groups in total. The lowest BCUT2D eigenvalue weighted by molar-refractivity contribution is -0.118. The van der Waals surface area contributed by atoms with Crippen molar-refractivity contribution in [3.8, 4) is 0 Å². The van der Waals surface area contributed by atoms with Gasteiger partial charge in [-0.2, -0.15) is 0 Å². The Morgan fingerprint density at radius 2 is 2.14 bits per heavy atom. The summed E-state index contributed by atoms with van der Waals surface area (Å²) in [4.78, 5) is 12.5. The lowest BCUT2D eigenvalue weighted by atomic mass is 9.91. The molecule has 0 aromatic heterocycles. The van der Waals surface area contributed by atoms with Crippen molar-refractivity contribution >= 4 is 23.4 Å². The first-order valence-electron chi connectivity index (χ1n) is 7.56. The molecule has 2 aromatic carbocycles. The highest BCUT2D eigenvalue weighted by atomic mass is 16.2. The van der Waals surface area contributed by atoms with Crippen LogP contribution in [0.1, 0.15) is 29.0 Å². The van der Waals surface area contributed by atoms with E-state index in [1.165, 1.54) is 5.56 Å². The predicted molar refractivity (Wildman–Crippen MR) is 90.2 cm³/mol. The number of nitrogens with one attached hydrogen (secondary N) is 2. The maximum atomic E-state index is 12.5. The van der Waals surface area contributed by atoms with E-state index in [4.69, 9.17) is 0 Å². The third-order valence-electron chi connectivity index (χ3n) is 4.99. The molecule has 0 saturated heterocycles. The summed E-state index contributed by atoms with van der Waals surface area (Å²) in [6.07, 6.45) is 2.72. The quantitative estimate of drug-likeness (QED) is 0.904. The van der Waals surface area contributed by atoms with Crippen molar-refractivity contribution in [2.45, 2.75) is 17.8 Å². The van der Waals surface area contributed by atoms with Gasteiger partial charge in [0.25, 0.3) is 0 Å². The van der Waals surface area contributed by atoms with E-state index < -0.39 is 0 Å². The number of para-hydroxylation sites is 1. The largest absolute Gasteiger partial charge is 0.388 e. The molecule has 1 spiro atoms. The van der Waals surface area contributed by atoms with Gasteiger partial charge in [0.05, 0.1) is 5.41 Å². The molecule has 1 heterocycles. The minimum atomic E-state index is -0.364. The second-order valence-electron chi connectivity index (χ2n) is 6.03. The Labute approximate surface area is 130 Å². The number of amides is 1. The Bertz CT molecular complexity index is 796. The molecule has 2 aromatic rings. The summed E-state index contributed by atoms with van der Waals surface area (Å²) in [6.45, 7) is 3.84. The molecule has 3 nitrogen and oxygen atoms in total. The van der Waals surface area contributed by atoms with Crippen LogP contribution in [0.4, 0.5) is 11.4 Å². The summed E-state index contributed by atoms with van der Waals surface area (Å²) in [5.41, 5.74) is 5.09. The molecule has 0 radical (unpaired) electrons. The van der Waals surface area contributed by atoms with Crippen LogP contribution in [0.3, 0.4) is 0 Å². The molecule has 1 fully saturated rings. The van der Waals surface area contributed by atoms with Crippen LogP contribution in [0, 0.1) is 0 Å². The lowest BCUT2D eigenvalue weighted by Gasteiger charge is -2.11. The van der Waals surface area contributed by atoms with Crippen LogP contribution in [-0.2, 0) is 10.2 Å². The van der Waals surface area contributed by atoms with Crippen molar-refractivity contribution in [2.24, 2.45) is 0 Å². The third kappa shape index (κ3) is 1.59. The van der Waals surface area contributed by atoms with E-state index in [0.29, 0.717) is 0 Å². The molecular formula is C19H18N2O. The Morgan fingerprint density at radius 1 is 1.32 bits per heavy atom. The van der Waals surface area contributed by atoms with Gasteiger partial charge in [-0.15, -0.1) is 0 Å². The van der Waals surface area contributed by atoms with Crippen LogP contribution in [0.2, 0.25) is 0 Å². The summed E-state index contributed by atoms with van der Waals surface area (Å²) in [5.74, 6) is 0.389. The molecule has 1 aliphatic carbocycles. The van der Waals surface area contributed by atoms with E-state index in [2.05, 4.69) is 41.5 Å². The van der Waals surface area contributed by atoms with Gasteiger partial charge in [0.1, 0.15) is 0 Å². The van der Waals surface area contributed by atoms with E-state index in [0.717, 1.165) is 28.9 Å². The highest BCUT2D eigenvalue weighted by molar-refractivity contribution is 6.09. The van der Waals surface area contributed by atoms with Gasteiger partial charge >= 0.3 is 0 Å². The van der Waals surface area contributed by atoms with Crippen LogP contribution in [0.25, 0.3) is 6.08 Å². The van der Waals surface area contributed by atoms with Crippen molar-refractivity contribution in [1.82, 2.24) is 0 Å². The number of hydrogen-bond acceptors (Lipinski definition) is 2. The number of carbonyl (C=O) groups is 1. The smallest absolute Gasteiger partial charge is 0.235 e. The minimum absolute atomic E-state index is 0.137. The van der Waals surface area contributed by atoms with E-state index in [9.17, 15) is 4.79 Å². The van der Waals surface area contributed by atoms with Crippen molar-refractivity contribution < 1.29 is 4.79 Å². The summed E-state index contributed by atoms with van der Waals surface area (Å²) >= 11 is 0. The van der Waals surface area contributed by atoms with Gasteiger partial charge in [-0.25, -0.2) is 0 Å². The number of hydrogen-bond donors (Lipinski definition) is 2. The zero-order valence-corrected chi connectivity index (χ0v) is 12.5. The highest BCUT2D eigenvalue weighted by Crippen LogP contribution is 2.65. The fourth-order valence-electron chi connectivity index (χ4n) is 3.74. The van der Waals surface area contributed by atoms with Gasteiger partial charge in [-0.1, -0.05) is 43.0 Å². The van der Waals surface area contributed by atoms with Crippen molar-refractivity contribution in [3.63, 3.8) is 0 Å². The van der Waals surface area contributed by atoms with Gasteiger partial charge in [-0.05, 0) is 35.2 Å². The average Bonchev–Trinajstić information content (AvgIpc) is 3.24. The summed E-state index contributed by atoms with van der Waals surface area (Å²) in [6, 6.07) is 14.4. The number of benzene rings is 2. The Morgan fingerprint density at radius 3 is 2.91 bits per heavy atom. The maximum absolute atomic E-state index is 12.5. The second kappa shape index (κ2) is 4.47. The molecule has 2 atom stereocenters. The zero-order chi connectivity index (χ0) is 15.3. The van der Waals surface area contributed by atoms with Crippen LogP contribution in [0.5, 0.6) is 0 Å². The first-order chi connectivity index (χ1) is 10.7. The van der Waals surface area contributed by atoms with Gasteiger partial charge in [-0.3, -0.25) is 4.79 Å². The molecule has 2 unspecified atom stereocenters. The molecule has 1 aliphatic heterocycles. The van der Waals surface area contributed by atoms with Crippen molar-refractivity contribution in [1.29, 1.82) is 0 Å². The monoisotopic (exact) mass is 290 g/mol. The van der Waals surface area contributed by atoms with Gasteiger partial charge < -0.3 is 10.6 Å². The Hall–Kier alpha value is -2.55. The van der Waals surface area contributed by atoms with E-state index in [-0.39, 0.29) is 17.2 Å². The molecule has 1 amide bonds. The first-order valence-corrected chi connectivity index (χ1v) is 7.56. The summed E-state index contributed by atoms with van der Waals surface area (Å²) in [5, 5.41) is 6.24. The third-order valence-corrected chi connectivity index (χ3v) is 4.99. The van der Waals surface area contributed by atoms with Gasteiger partial charge in [0.15, 0.2) is 0 Å². The molecule has 4 rings (SSSR count). The summed E-state index contributed by atoms with van der Waals surface area (Å²) < 4.78 is 0. The molecule has 0 bridgehead atoms. The molecule has 1 saturated carbocycles. The Balaban J connectivity index is 1.76. The fraction of sp³-hybridized carbons (Fsp3) is 0.211. The standard InChI is InChI=1S/C19H18N2O/c1-3-12-8-9-13(10-17(12)20-2)15-11-19(15)14-6-4-5-7-16(14)21-18(19)22/h3-10,15,20H,1,11H2,2H3,(H,21,22). The topological polar surface area (TPSA) is 41.1 Å². The van der Waals surface area contributed by atoms with Crippen molar-refractivity contribution in [2.75, 3.05) is 17.7 Å². The van der Waals surface area contributed by atoms with E-state index in [1.54, 1.807) is 0 Å². The summed E-state index contributed by atoms with van der Waals surface area (Å²) in [7, 11) is 1.91. The number of carbonyl (C=O) groups excluding carboxylic acids is 1. The molecule has 2 aliphatic rings. The van der Waals surface area contributed by atoms with Crippen molar-refractivity contribution in [3.05, 3.63) is 65.7 Å². The molecule has 110 valence electrons. The average molecular weight is 290 g/mol. The molecule has 3 heteroatoms. The first kappa shape index (κ1) is 13.1. The van der Waals surface area contributed by atoms with E-state index >= 15 is 0 Å². The maximum Gasteiger partial charge on any atom is 0.235 e. The van der Waals surface area contributed by atoms with Gasteiger partial charge in [0.2, 0.25) is 5.91 Å². The normalized spacial score (nSPS) is 24.8. The van der Waals surface area contributed by atoms with Crippen LogP contribution in [0.15, 0.2) is 49.0 Å². The second-order valence-corrected chi connectivity index (χ2v) is 6.03. The van der Waals surface area contributed by atoms with Crippen LogP contribution < -0.4 is 10.6 Å². The van der Waals surface area contributed by atoms with E-state index in [1.807, 2.05) is 31.3 Å². The van der Waals surface area contributed by atoms with Gasteiger partial charge in [0, 0.05) is 24.3 Å². The van der Waals surface area contributed by atoms with Crippen LogP contribution >= 0.6 is 0 Å². The Kier molecular flexibility index (Phi) is 2.67. The predicted octanol–water partition coefficient (Wildman–Crippen LogP) is 3.75. The van der Waals surface area contributed by atoms with Crippen LogP contribution in [-0.4, -0.2) is 13.0 Å². The minimum Gasteiger partial charge on any atom is -0.388 e. The number of rotatable bonds is 3.